The largest absolute Gasteiger partial charge is 0.325 e. The third-order valence-corrected chi connectivity index (χ3v) is 4.44. The zero-order chi connectivity index (χ0) is 13.8. The molecule has 3 heteroatoms. The van der Waals surface area contributed by atoms with E-state index < -0.39 is 0 Å². The predicted molar refractivity (Wildman–Crippen MR) is 83.5 cm³/mol. The van der Waals surface area contributed by atoms with Gasteiger partial charge in [-0.1, -0.05) is 42.1 Å². The number of nitrogens with one attached hydrogen (secondary N) is 1. The molecule has 104 valence electrons. The topological polar surface area (TPSA) is 29.1 Å². The van der Waals surface area contributed by atoms with Gasteiger partial charge < -0.3 is 5.32 Å². The smallest absolute Gasteiger partial charge is 0.227 e. The van der Waals surface area contributed by atoms with Gasteiger partial charge in [0.15, 0.2) is 0 Å². The predicted octanol–water partition coefficient (Wildman–Crippen LogP) is 4.84. The SMILES string of the molecule is CCc1cc(Br)cc(C)c1NC(=O)C1CCCCC1. The summed E-state index contributed by atoms with van der Waals surface area (Å²) in [6.07, 6.45) is 6.68. The average molecular weight is 324 g/mol. The number of carbonyl (C=O) groups excluding carboxylic acids is 1. The summed E-state index contributed by atoms with van der Waals surface area (Å²) < 4.78 is 1.08. The number of rotatable bonds is 3. The van der Waals surface area contributed by atoms with E-state index in [1.54, 1.807) is 0 Å². The standard InChI is InChI=1S/C16H22BrNO/c1-3-12-10-14(17)9-11(2)15(12)18-16(19)13-7-5-4-6-8-13/h9-10,13H,3-8H2,1-2H3,(H,18,19). The van der Waals surface area contributed by atoms with Gasteiger partial charge in [0.25, 0.3) is 0 Å². The van der Waals surface area contributed by atoms with Gasteiger partial charge >= 0.3 is 0 Å². The highest BCUT2D eigenvalue weighted by molar-refractivity contribution is 9.10. The maximum Gasteiger partial charge on any atom is 0.227 e. The van der Waals surface area contributed by atoms with Crippen LogP contribution in [0.3, 0.4) is 0 Å². The molecule has 0 unspecified atom stereocenters. The minimum Gasteiger partial charge on any atom is -0.325 e. The molecular weight excluding hydrogens is 302 g/mol. The van der Waals surface area contributed by atoms with Crippen LogP contribution in [0.5, 0.6) is 0 Å². The molecule has 1 aliphatic carbocycles. The van der Waals surface area contributed by atoms with E-state index in [4.69, 9.17) is 0 Å². The molecule has 0 saturated heterocycles. The molecular formula is C16H22BrNO. The first-order chi connectivity index (χ1) is 9.11. The van der Waals surface area contributed by atoms with Crippen molar-refractivity contribution in [3.63, 3.8) is 0 Å². The highest BCUT2D eigenvalue weighted by atomic mass is 79.9. The second kappa shape index (κ2) is 6.56. The van der Waals surface area contributed by atoms with E-state index in [1.165, 1.54) is 24.8 Å². The fourth-order valence-corrected chi connectivity index (χ4v) is 3.48. The van der Waals surface area contributed by atoms with Gasteiger partial charge in [-0.3, -0.25) is 4.79 Å². The molecule has 0 aliphatic heterocycles. The van der Waals surface area contributed by atoms with Gasteiger partial charge in [0.05, 0.1) is 0 Å². The molecule has 19 heavy (non-hydrogen) atoms. The summed E-state index contributed by atoms with van der Waals surface area (Å²) >= 11 is 3.52. The second-order valence-corrected chi connectivity index (χ2v) is 6.35. The lowest BCUT2D eigenvalue weighted by atomic mass is 9.88. The first kappa shape index (κ1) is 14.6. The quantitative estimate of drug-likeness (QED) is 0.847. The van der Waals surface area contributed by atoms with Gasteiger partial charge in [-0.15, -0.1) is 0 Å². The average Bonchev–Trinajstić information content (AvgIpc) is 2.42. The summed E-state index contributed by atoms with van der Waals surface area (Å²) in [6, 6.07) is 4.17. The van der Waals surface area contributed by atoms with Crippen molar-refractivity contribution in [2.75, 3.05) is 5.32 Å². The molecule has 1 fully saturated rings. The number of carbonyl (C=O) groups is 1. The Morgan fingerprint density at radius 3 is 2.63 bits per heavy atom. The van der Waals surface area contributed by atoms with Crippen LogP contribution in [0, 0.1) is 12.8 Å². The van der Waals surface area contributed by atoms with Crippen LogP contribution in [0.4, 0.5) is 5.69 Å². The Balaban J connectivity index is 2.15. The molecule has 1 aliphatic rings. The lowest BCUT2D eigenvalue weighted by molar-refractivity contribution is -0.120. The Morgan fingerprint density at radius 1 is 1.32 bits per heavy atom. The Morgan fingerprint density at radius 2 is 2.00 bits per heavy atom. The number of anilines is 1. The van der Waals surface area contributed by atoms with Crippen LogP contribution in [0.15, 0.2) is 16.6 Å². The zero-order valence-corrected chi connectivity index (χ0v) is 13.3. The normalized spacial score (nSPS) is 16.4. The van der Waals surface area contributed by atoms with Crippen LogP contribution in [0.25, 0.3) is 0 Å². The molecule has 0 aromatic heterocycles. The first-order valence-electron chi connectivity index (χ1n) is 7.21. The second-order valence-electron chi connectivity index (χ2n) is 5.43. The van der Waals surface area contributed by atoms with Crippen LogP contribution in [0.1, 0.15) is 50.2 Å². The molecule has 1 saturated carbocycles. The van der Waals surface area contributed by atoms with E-state index in [2.05, 4.69) is 47.2 Å². The van der Waals surface area contributed by atoms with Gasteiger partial charge in [-0.05, 0) is 49.4 Å². The number of halogens is 1. The highest BCUT2D eigenvalue weighted by Crippen LogP contribution is 2.29. The van der Waals surface area contributed by atoms with Crippen LogP contribution in [0.2, 0.25) is 0 Å². The monoisotopic (exact) mass is 323 g/mol. The molecule has 0 atom stereocenters. The lowest BCUT2D eigenvalue weighted by Gasteiger charge is -2.22. The summed E-state index contributed by atoms with van der Waals surface area (Å²) in [5, 5.41) is 3.17. The highest BCUT2D eigenvalue weighted by Gasteiger charge is 2.22. The van der Waals surface area contributed by atoms with E-state index in [0.29, 0.717) is 0 Å². The molecule has 0 radical (unpaired) electrons. The van der Waals surface area contributed by atoms with Crippen LogP contribution < -0.4 is 5.32 Å². The first-order valence-corrected chi connectivity index (χ1v) is 8.01. The number of amides is 1. The van der Waals surface area contributed by atoms with Crippen molar-refractivity contribution in [1.29, 1.82) is 0 Å². The van der Waals surface area contributed by atoms with Crippen molar-refractivity contribution < 1.29 is 4.79 Å². The summed E-state index contributed by atoms with van der Waals surface area (Å²) in [4.78, 5) is 12.3. The van der Waals surface area contributed by atoms with Crippen molar-refractivity contribution in [3.05, 3.63) is 27.7 Å². The fraction of sp³-hybridized carbons (Fsp3) is 0.562. The molecule has 0 heterocycles. The van der Waals surface area contributed by atoms with Crippen molar-refractivity contribution in [1.82, 2.24) is 0 Å². The lowest BCUT2D eigenvalue weighted by Crippen LogP contribution is -2.25. The van der Waals surface area contributed by atoms with Crippen LogP contribution >= 0.6 is 15.9 Å². The van der Waals surface area contributed by atoms with E-state index in [0.717, 1.165) is 35.0 Å². The molecule has 1 N–H and O–H groups in total. The minimum atomic E-state index is 0.208. The minimum absolute atomic E-state index is 0.208. The third-order valence-electron chi connectivity index (χ3n) is 3.99. The van der Waals surface area contributed by atoms with Gasteiger partial charge in [0.2, 0.25) is 5.91 Å². The number of aryl methyl sites for hydroxylation is 2. The van der Waals surface area contributed by atoms with Gasteiger partial charge in [0, 0.05) is 16.1 Å². The Kier molecular flexibility index (Phi) is 5.03. The summed E-state index contributed by atoms with van der Waals surface area (Å²) in [5.41, 5.74) is 3.35. The maximum absolute atomic E-state index is 12.3. The van der Waals surface area contributed by atoms with Gasteiger partial charge in [-0.25, -0.2) is 0 Å². The van der Waals surface area contributed by atoms with E-state index in [1.807, 2.05) is 0 Å². The summed E-state index contributed by atoms with van der Waals surface area (Å²) in [6.45, 7) is 4.18. The molecule has 2 nitrogen and oxygen atoms in total. The van der Waals surface area contributed by atoms with Crippen molar-refractivity contribution >= 4 is 27.5 Å². The van der Waals surface area contributed by atoms with Crippen molar-refractivity contribution in [2.24, 2.45) is 5.92 Å². The van der Waals surface area contributed by atoms with Crippen LogP contribution in [-0.4, -0.2) is 5.91 Å². The molecule has 1 aromatic rings. The zero-order valence-electron chi connectivity index (χ0n) is 11.8. The van der Waals surface area contributed by atoms with E-state index >= 15 is 0 Å². The van der Waals surface area contributed by atoms with E-state index in [-0.39, 0.29) is 11.8 Å². The molecule has 1 aromatic carbocycles. The third kappa shape index (κ3) is 3.59. The van der Waals surface area contributed by atoms with E-state index in [9.17, 15) is 4.79 Å². The van der Waals surface area contributed by atoms with Crippen molar-refractivity contribution in [3.8, 4) is 0 Å². The van der Waals surface area contributed by atoms with Gasteiger partial charge in [0.1, 0.15) is 0 Å². The maximum atomic E-state index is 12.3. The summed E-state index contributed by atoms with van der Waals surface area (Å²) in [7, 11) is 0. The summed E-state index contributed by atoms with van der Waals surface area (Å²) in [5.74, 6) is 0.418. The van der Waals surface area contributed by atoms with Gasteiger partial charge in [-0.2, -0.15) is 0 Å². The molecule has 0 bridgehead atoms. The number of benzene rings is 1. The Labute approximate surface area is 124 Å². The van der Waals surface area contributed by atoms with Crippen LogP contribution in [-0.2, 0) is 11.2 Å². The Bertz CT molecular complexity index is 464. The molecule has 0 spiro atoms. The fourth-order valence-electron chi connectivity index (χ4n) is 2.86. The Hall–Kier alpha value is -0.830. The number of hydrogen-bond acceptors (Lipinski definition) is 1. The molecule has 2 rings (SSSR count). The van der Waals surface area contributed by atoms with Crippen molar-refractivity contribution in [2.45, 2.75) is 52.4 Å². The molecule has 1 amide bonds. The number of hydrogen-bond donors (Lipinski definition) is 1.